The smallest absolute Gasteiger partial charge is 0.253 e. The molecule has 2 heterocycles. The van der Waals surface area contributed by atoms with Gasteiger partial charge in [-0.15, -0.1) is 0 Å². The molecular weight excluding hydrogens is 264 g/mol. The lowest BCUT2D eigenvalue weighted by molar-refractivity contribution is 0.756. The van der Waals surface area contributed by atoms with Gasteiger partial charge in [-0.3, -0.25) is 9.48 Å². The van der Waals surface area contributed by atoms with Gasteiger partial charge in [0, 0.05) is 48.1 Å². The van der Waals surface area contributed by atoms with Crippen molar-refractivity contribution in [2.75, 3.05) is 5.73 Å². The van der Waals surface area contributed by atoms with Gasteiger partial charge in [-0.25, -0.2) is 0 Å². The van der Waals surface area contributed by atoms with Crippen molar-refractivity contribution in [3.63, 3.8) is 0 Å². The largest absolute Gasteiger partial charge is 0.398 e. The van der Waals surface area contributed by atoms with Crippen molar-refractivity contribution in [1.29, 1.82) is 0 Å². The van der Waals surface area contributed by atoms with Crippen LogP contribution in [0.2, 0.25) is 0 Å². The van der Waals surface area contributed by atoms with Crippen LogP contribution in [0.1, 0.15) is 12.6 Å². The molecule has 0 atom stereocenters. The third-order valence-corrected chi connectivity index (χ3v) is 3.78. The molecule has 0 aliphatic carbocycles. The molecule has 3 rings (SSSR count). The molecule has 0 aliphatic heterocycles. The Morgan fingerprint density at radius 2 is 2.05 bits per heavy atom. The molecule has 0 fully saturated rings. The van der Waals surface area contributed by atoms with Gasteiger partial charge in [0.05, 0.1) is 11.2 Å². The van der Waals surface area contributed by atoms with Gasteiger partial charge in [0.15, 0.2) is 0 Å². The number of rotatable bonds is 2. The van der Waals surface area contributed by atoms with Gasteiger partial charge < -0.3 is 10.3 Å². The number of hydrogen-bond acceptors (Lipinski definition) is 3. The number of pyridine rings is 1. The second-order valence-electron chi connectivity index (χ2n) is 5.19. The van der Waals surface area contributed by atoms with E-state index in [1.54, 1.807) is 9.25 Å². The van der Waals surface area contributed by atoms with Crippen LogP contribution in [0.5, 0.6) is 0 Å². The Balaban J connectivity index is 2.49. The minimum Gasteiger partial charge on any atom is -0.398 e. The van der Waals surface area contributed by atoms with Crippen molar-refractivity contribution in [1.82, 2.24) is 14.3 Å². The zero-order valence-electron chi connectivity index (χ0n) is 12.4. The van der Waals surface area contributed by atoms with Crippen LogP contribution in [0.25, 0.3) is 22.0 Å². The molecule has 0 spiro atoms. The average molecular weight is 282 g/mol. The van der Waals surface area contributed by atoms with E-state index in [9.17, 15) is 4.79 Å². The first kappa shape index (κ1) is 13.4. The highest BCUT2D eigenvalue weighted by Gasteiger charge is 2.14. The van der Waals surface area contributed by atoms with Crippen LogP contribution in [0.15, 0.2) is 35.3 Å². The summed E-state index contributed by atoms with van der Waals surface area (Å²) in [5, 5.41) is 5.29. The van der Waals surface area contributed by atoms with Crippen LogP contribution in [0.4, 0.5) is 5.69 Å². The fourth-order valence-corrected chi connectivity index (χ4v) is 2.86. The third kappa shape index (κ3) is 2.01. The number of aromatic nitrogens is 3. The normalized spacial score (nSPS) is 11.2. The monoisotopic (exact) mass is 282 g/mol. The molecule has 0 aliphatic rings. The highest BCUT2D eigenvalue weighted by atomic mass is 16.1. The molecule has 0 saturated carbocycles. The van der Waals surface area contributed by atoms with Gasteiger partial charge in [-0.2, -0.15) is 5.10 Å². The first-order valence-electron chi connectivity index (χ1n) is 6.95. The van der Waals surface area contributed by atoms with Crippen LogP contribution < -0.4 is 11.3 Å². The number of nitrogens with two attached hydrogens (primary N) is 1. The number of hydrogen-bond donors (Lipinski definition) is 1. The molecule has 0 amide bonds. The van der Waals surface area contributed by atoms with Gasteiger partial charge >= 0.3 is 0 Å². The summed E-state index contributed by atoms with van der Waals surface area (Å²) >= 11 is 0. The predicted molar refractivity (Wildman–Crippen MR) is 85.2 cm³/mol. The highest BCUT2D eigenvalue weighted by Crippen LogP contribution is 2.31. The topological polar surface area (TPSA) is 65.8 Å². The Bertz CT molecular complexity index is 889. The minimum absolute atomic E-state index is 0.0727. The molecule has 0 radical (unpaired) electrons. The van der Waals surface area contributed by atoms with Crippen LogP contribution in [-0.2, 0) is 13.6 Å². The van der Waals surface area contributed by atoms with Gasteiger partial charge in [-0.1, -0.05) is 18.2 Å². The van der Waals surface area contributed by atoms with E-state index in [1.807, 2.05) is 45.3 Å². The molecule has 2 N–H and O–H groups in total. The second kappa shape index (κ2) is 4.77. The van der Waals surface area contributed by atoms with E-state index in [0.717, 1.165) is 27.7 Å². The molecule has 1 aromatic carbocycles. The molecule has 3 aromatic rings. The van der Waals surface area contributed by atoms with E-state index in [1.165, 1.54) is 6.07 Å². The quantitative estimate of drug-likeness (QED) is 0.784. The summed E-state index contributed by atoms with van der Waals surface area (Å²) in [6.45, 7) is 4.53. The van der Waals surface area contributed by atoms with E-state index in [-0.39, 0.29) is 5.56 Å². The van der Waals surface area contributed by atoms with Crippen molar-refractivity contribution < 1.29 is 0 Å². The summed E-state index contributed by atoms with van der Waals surface area (Å²) in [5.74, 6) is 0. The summed E-state index contributed by atoms with van der Waals surface area (Å²) in [7, 11) is 1.89. The number of benzene rings is 1. The van der Waals surface area contributed by atoms with Crippen LogP contribution in [-0.4, -0.2) is 14.3 Å². The summed E-state index contributed by atoms with van der Waals surface area (Å²) in [5.41, 5.74) is 10.3. The number of nitrogen functional groups attached to an aromatic ring is 1. The average Bonchev–Trinajstić information content (AvgIpc) is 2.77. The first-order valence-corrected chi connectivity index (χ1v) is 6.95. The van der Waals surface area contributed by atoms with Crippen molar-refractivity contribution in [3.8, 4) is 11.1 Å². The Morgan fingerprint density at radius 1 is 1.29 bits per heavy atom. The number of fused-ring (bicyclic) bond motifs is 1. The Kier molecular flexibility index (Phi) is 3.05. The molecule has 0 unspecified atom stereocenters. The molecule has 5 nitrogen and oxygen atoms in total. The maximum absolute atomic E-state index is 12.2. The van der Waals surface area contributed by atoms with Gasteiger partial charge in [-0.05, 0) is 13.8 Å². The summed E-state index contributed by atoms with van der Waals surface area (Å²) in [6.07, 6.45) is 1.97. The standard InChI is InChI=1S/C16H18N4O/c1-4-20-15(21)8-14(17)12-7-5-6-11(16(12)20)13-9-19(3)18-10(13)2/h5-9H,4,17H2,1-3H3. The lowest BCUT2D eigenvalue weighted by Crippen LogP contribution is -2.20. The predicted octanol–water partition coefficient (Wildman–Crippen LogP) is 2.31. The van der Waals surface area contributed by atoms with Crippen LogP contribution in [0.3, 0.4) is 0 Å². The Morgan fingerprint density at radius 3 is 2.67 bits per heavy atom. The molecule has 108 valence electrons. The van der Waals surface area contributed by atoms with Gasteiger partial charge in [0.1, 0.15) is 0 Å². The molecule has 0 bridgehead atoms. The fourth-order valence-electron chi connectivity index (χ4n) is 2.86. The van der Waals surface area contributed by atoms with E-state index in [0.29, 0.717) is 12.2 Å². The minimum atomic E-state index is -0.0727. The third-order valence-electron chi connectivity index (χ3n) is 3.78. The van der Waals surface area contributed by atoms with E-state index < -0.39 is 0 Å². The van der Waals surface area contributed by atoms with Gasteiger partial charge in [0.2, 0.25) is 0 Å². The number of anilines is 1. The molecule has 0 saturated heterocycles. The lowest BCUT2D eigenvalue weighted by Gasteiger charge is -2.13. The maximum Gasteiger partial charge on any atom is 0.253 e. The summed E-state index contributed by atoms with van der Waals surface area (Å²) < 4.78 is 3.54. The summed E-state index contributed by atoms with van der Waals surface area (Å²) in [6, 6.07) is 7.42. The zero-order valence-corrected chi connectivity index (χ0v) is 12.4. The number of nitrogens with zero attached hydrogens (tertiary/aromatic N) is 3. The van der Waals surface area contributed by atoms with Crippen molar-refractivity contribution in [3.05, 3.63) is 46.5 Å². The molecule has 21 heavy (non-hydrogen) atoms. The van der Waals surface area contributed by atoms with Crippen molar-refractivity contribution >= 4 is 16.6 Å². The zero-order chi connectivity index (χ0) is 15.1. The summed E-state index contributed by atoms with van der Waals surface area (Å²) in [4.78, 5) is 12.2. The first-order chi connectivity index (χ1) is 10.0. The fraction of sp³-hybridized carbons (Fsp3) is 0.250. The SMILES string of the molecule is CCn1c(=O)cc(N)c2cccc(-c3cn(C)nc3C)c21. The second-order valence-corrected chi connectivity index (χ2v) is 5.19. The molecule has 5 heteroatoms. The van der Waals surface area contributed by atoms with E-state index in [4.69, 9.17) is 5.73 Å². The lowest BCUT2D eigenvalue weighted by atomic mass is 10.0. The molecule has 2 aromatic heterocycles. The van der Waals surface area contributed by atoms with E-state index >= 15 is 0 Å². The molecular formula is C16H18N4O. The Hall–Kier alpha value is -2.56. The number of para-hydroxylation sites is 1. The van der Waals surface area contributed by atoms with Gasteiger partial charge in [0.25, 0.3) is 5.56 Å². The van der Waals surface area contributed by atoms with Crippen molar-refractivity contribution in [2.45, 2.75) is 20.4 Å². The van der Waals surface area contributed by atoms with E-state index in [2.05, 4.69) is 5.10 Å². The van der Waals surface area contributed by atoms with Crippen LogP contribution >= 0.6 is 0 Å². The number of aryl methyl sites for hydroxylation is 3. The van der Waals surface area contributed by atoms with Crippen LogP contribution in [0, 0.1) is 6.92 Å². The maximum atomic E-state index is 12.2. The Labute approximate surface area is 122 Å². The highest BCUT2D eigenvalue weighted by molar-refractivity contribution is 6.00. The van der Waals surface area contributed by atoms with Crippen molar-refractivity contribution in [2.24, 2.45) is 7.05 Å².